The van der Waals surface area contributed by atoms with E-state index in [1.54, 1.807) is 0 Å². The van der Waals surface area contributed by atoms with Gasteiger partial charge in [-0.25, -0.2) is 4.68 Å². The SMILES string of the molecule is Cc1ccc(N2CCN(C(=O)c3cnn(-c4ccc(C)cc4C)c3C3CCNCC3)CC2)c(C)c1.Cl. The molecule has 1 N–H and O–H groups in total. The second-order valence-electron chi connectivity index (χ2n) is 10.2. The van der Waals surface area contributed by atoms with Gasteiger partial charge in [-0.05, 0) is 76.9 Å². The first-order valence-corrected chi connectivity index (χ1v) is 12.9. The average molecular weight is 508 g/mol. The number of benzene rings is 2. The summed E-state index contributed by atoms with van der Waals surface area (Å²) < 4.78 is 2.05. The summed E-state index contributed by atoms with van der Waals surface area (Å²) in [7, 11) is 0. The van der Waals surface area contributed by atoms with E-state index in [1.807, 2.05) is 15.8 Å². The van der Waals surface area contributed by atoms with Gasteiger partial charge in [0.25, 0.3) is 5.91 Å². The number of halogens is 1. The summed E-state index contributed by atoms with van der Waals surface area (Å²) in [6, 6.07) is 13.1. The lowest BCUT2D eigenvalue weighted by Gasteiger charge is -2.37. The molecule has 0 bridgehead atoms. The summed E-state index contributed by atoms with van der Waals surface area (Å²) in [6.45, 7) is 13.7. The molecule has 0 atom stereocenters. The molecule has 2 aliphatic rings. The van der Waals surface area contributed by atoms with Crippen LogP contribution < -0.4 is 10.2 Å². The van der Waals surface area contributed by atoms with Gasteiger partial charge in [0.15, 0.2) is 0 Å². The number of nitrogens with zero attached hydrogens (tertiary/aromatic N) is 4. The molecule has 3 heterocycles. The minimum absolute atomic E-state index is 0. The maximum Gasteiger partial charge on any atom is 0.257 e. The Bertz CT molecular complexity index is 1220. The van der Waals surface area contributed by atoms with Crippen molar-refractivity contribution in [3.8, 4) is 5.69 Å². The Morgan fingerprint density at radius 2 is 1.44 bits per heavy atom. The van der Waals surface area contributed by atoms with E-state index in [9.17, 15) is 4.79 Å². The van der Waals surface area contributed by atoms with Crippen molar-refractivity contribution in [1.82, 2.24) is 20.0 Å². The lowest BCUT2D eigenvalue weighted by atomic mass is 9.91. The monoisotopic (exact) mass is 507 g/mol. The molecule has 192 valence electrons. The lowest BCUT2D eigenvalue weighted by molar-refractivity contribution is 0.0744. The Morgan fingerprint density at radius 1 is 0.861 bits per heavy atom. The number of carbonyl (C=O) groups is 1. The summed E-state index contributed by atoms with van der Waals surface area (Å²) in [6.07, 6.45) is 3.87. The summed E-state index contributed by atoms with van der Waals surface area (Å²) in [5, 5.41) is 8.25. The van der Waals surface area contributed by atoms with E-state index < -0.39 is 0 Å². The van der Waals surface area contributed by atoms with Crippen LogP contribution in [0.2, 0.25) is 0 Å². The number of nitrogens with one attached hydrogen (secondary N) is 1. The molecule has 2 fully saturated rings. The highest BCUT2D eigenvalue weighted by molar-refractivity contribution is 5.95. The van der Waals surface area contributed by atoms with E-state index in [1.165, 1.54) is 27.9 Å². The number of aryl methyl sites for hydroxylation is 4. The van der Waals surface area contributed by atoms with E-state index in [-0.39, 0.29) is 18.3 Å². The number of carbonyl (C=O) groups excluding carboxylic acids is 1. The van der Waals surface area contributed by atoms with Gasteiger partial charge < -0.3 is 15.1 Å². The fraction of sp³-hybridized carbons (Fsp3) is 0.448. The highest BCUT2D eigenvalue weighted by atomic mass is 35.5. The molecular weight excluding hydrogens is 470 g/mol. The number of rotatable bonds is 4. The molecule has 0 saturated carbocycles. The molecule has 2 aliphatic heterocycles. The van der Waals surface area contributed by atoms with Crippen molar-refractivity contribution in [2.24, 2.45) is 0 Å². The van der Waals surface area contributed by atoms with E-state index in [0.717, 1.165) is 69.1 Å². The minimum Gasteiger partial charge on any atom is -0.368 e. The van der Waals surface area contributed by atoms with Gasteiger partial charge in [0.1, 0.15) is 0 Å². The number of hydrogen-bond acceptors (Lipinski definition) is 4. The largest absolute Gasteiger partial charge is 0.368 e. The topological polar surface area (TPSA) is 53.4 Å². The van der Waals surface area contributed by atoms with Crippen LogP contribution in [0.5, 0.6) is 0 Å². The Morgan fingerprint density at radius 3 is 2.03 bits per heavy atom. The first-order chi connectivity index (χ1) is 16.9. The molecule has 0 unspecified atom stereocenters. The van der Waals surface area contributed by atoms with Crippen LogP contribution in [0.1, 0.15) is 57.1 Å². The van der Waals surface area contributed by atoms with Gasteiger partial charge in [-0.15, -0.1) is 12.4 Å². The van der Waals surface area contributed by atoms with Gasteiger partial charge in [0.2, 0.25) is 0 Å². The number of anilines is 1. The highest BCUT2D eigenvalue weighted by Gasteiger charge is 2.31. The predicted molar refractivity (Wildman–Crippen MR) is 149 cm³/mol. The average Bonchev–Trinajstić information content (AvgIpc) is 3.29. The second kappa shape index (κ2) is 11.1. The molecule has 1 aromatic heterocycles. The zero-order chi connectivity index (χ0) is 24.5. The molecule has 0 spiro atoms. The number of piperazine rings is 1. The Kier molecular flexibility index (Phi) is 8.06. The van der Waals surface area contributed by atoms with Crippen LogP contribution in [0, 0.1) is 27.7 Å². The smallest absolute Gasteiger partial charge is 0.257 e. The van der Waals surface area contributed by atoms with Crippen molar-refractivity contribution in [2.45, 2.75) is 46.5 Å². The molecule has 2 saturated heterocycles. The van der Waals surface area contributed by atoms with Gasteiger partial charge in [-0.1, -0.05) is 35.4 Å². The van der Waals surface area contributed by atoms with Gasteiger partial charge in [-0.2, -0.15) is 5.10 Å². The fourth-order valence-electron chi connectivity index (χ4n) is 5.73. The summed E-state index contributed by atoms with van der Waals surface area (Å²) in [5.41, 5.74) is 9.21. The van der Waals surface area contributed by atoms with Crippen molar-refractivity contribution in [2.75, 3.05) is 44.2 Å². The third-order valence-corrected chi connectivity index (χ3v) is 7.60. The number of piperidine rings is 1. The van der Waals surface area contributed by atoms with Gasteiger partial charge in [0, 0.05) is 37.8 Å². The molecule has 2 aromatic carbocycles. The third-order valence-electron chi connectivity index (χ3n) is 7.60. The summed E-state index contributed by atoms with van der Waals surface area (Å²) in [4.78, 5) is 18.3. The Hall–Kier alpha value is -2.83. The number of aromatic nitrogens is 2. The van der Waals surface area contributed by atoms with Gasteiger partial charge in [0.05, 0.1) is 23.1 Å². The first-order valence-electron chi connectivity index (χ1n) is 12.9. The maximum absolute atomic E-state index is 13.8. The molecule has 0 aliphatic carbocycles. The highest BCUT2D eigenvalue weighted by Crippen LogP contribution is 2.32. The normalized spacial score (nSPS) is 16.7. The van der Waals surface area contributed by atoms with Crippen molar-refractivity contribution in [1.29, 1.82) is 0 Å². The zero-order valence-electron chi connectivity index (χ0n) is 21.9. The lowest BCUT2D eigenvalue weighted by Crippen LogP contribution is -2.49. The van der Waals surface area contributed by atoms with Crippen LogP contribution in [0.15, 0.2) is 42.6 Å². The standard InChI is InChI=1S/C29H37N5O.ClH/c1-20-5-7-26(22(3)17-20)32-13-15-33(16-14-32)29(35)25-19-31-34(27-8-6-21(2)18-23(27)4)28(25)24-9-11-30-12-10-24;/h5-8,17-19,24,30H,9-16H2,1-4H3;1H. The first kappa shape index (κ1) is 26.2. The van der Waals surface area contributed by atoms with Crippen molar-refractivity contribution >= 4 is 24.0 Å². The van der Waals surface area contributed by atoms with E-state index in [0.29, 0.717) is 5.92 Å². The Balaban J connectivity index is 0.00000304. The number of amides is 1. The van der Waals surface area contributed by atoms with Crippen LogP contribution in [0.3, 0.4) is 0 Å². The predicted octanol–water partition coefficient (Wildman–Crippen LogP) is 4.96. The zero-order valence-corrected chi connectivity index (χ0v) is 22.7. The molecule has 6 nitrogen and oxygen atoms in total. The van der Waals surface area contributed by atoms with E-state index >= 15 is 0 Å². The molecule has 3 aromatic rings. The molecule has 5 rings (SSSR count). The van der Waals surface area contributed by atoms with Crippen molar-refractivity contribution in [3.05, 3.63) is 76.1 Å². The Labute approximate surface area is 221 Å². The maximum atomic E-state index is 13.8. The fourth-order valence-corrected chi connectivity index (χ4v) is 5.73. The van der Waals surface area contributed by atoms with E-state index in [2.05, 4.69) is 74.3 Å². The third kappa shape index (κ3) is 5.16. The molecule has 36 heavy (non-hydrogen) atoms. The van der Waals surface area contributed by atoms with Gasteiger partial charge >= 0.3 is 0 Å². The molecular formula is C29H38ClN5O. The van der Waals surface area contributed by atoms with Crippen molar-refractivity contribution < 1.29 is 4.79 Å². The number of hydrogen-bond donors (Lipinski definition) is 1. The summed E-state index contributed by atoms with van der Waals surface area (Å²) >= 11 is 0. The van der Waals surface area contributed by atoms with Crippen LogP contribution in [-0.2, 0) is 0 Å². The molecule has 1 amide bonds. The van der Waals surface area contributed by atoms with Crippen LogP contribution in [0.4, 0.5) is 5.69 Å². The van der Waals surface area contributed by atoms with Crippen molar-refractivity contribution in [3.63, 3.8) is 0 Å². The summed E-state index contributed by atoms with van der Waals surface area (Å²) in [5.74, 6) is 0.449. The van der Waals surface area contributed by atoms with E-state index in [4.69, 9.17) is 5.10 Å². The quantitative estimate of drug-likeness (QED) is 0.542. The van der Waals surface area contributed by atoms with Crippen LogP contribution in [0.25, 0.3) is 5.69 Å². The minimum atomic E-state index is 0. The van der Waals surface area contributed by atoms with Crippen LogP contribution in [-0.4, -0.2) is 59.9 Å². The van der Waals surface area contributed by atoms with Crippen LogP contribution >= 0.6 is 12.4 Å². The van der Waals surface area contributed by atoms with Gasteiger partial charge in [-0.3, -0.25) is 4.79 Å². The molecule has 7 heteroatoms. The second-order valence-corrected chi connectivity index (χ2v) is 10.2. The molecule has 0 radical (unpaired) electrons.